The minimum Gasteiger partial charge on any atom is -0.477 e. The van der Waals surface area contributed by atoms with E-state index >= 15 is 0 Å². The van der Waals surface area contributed by atoms with Crippen LogP contribution in [-0.2, 0) is 0 Å². The van der Waals surface area contributed by atoms with Crippen LogP contribution in [0.15, 0.2) is 23.3 Å². The predicted molar refractivity (Wildman–Crippen MR) is 55.1 cm³/mol. The molecule has 0 spiro atoms. The van der Waals surface area contributed by atoms with Crippen LogP contribution in [0, 0.1) is 0 Å². The number of hydrogen-bond acceptors (Lipinski definition) is 5. The highest BCUT2D eigenvalue weighted by atomic mass is 16.4. The molecule has 0 unspecified atom stereocenters. The first-order chi connectivity index (χ1) is 7.25. The maximum atomic E-state index is 10.7. The molecule has 1 aliphatic heterocycles. The van der Waals surface area contributed by atoms with Crippen molar-refractivity contribution < 1.29 is 9.90 Å². The van der Waals surface area contributed by atoms with Gasteiger partial charge in [0.2, 0.25) is 0 Å². The summed E-state index contributed by atoms with van der Waals surface area (Å²) in [6.07, 6.45) is 1.45. The Morgan fingerprint density at radius 1 is 1.60 bits per heavy atom. The van der Waals surface area contributed by atoms with Gasteiger partial charge < -0.3 is 15.7 Å². The van der Waals surface area contributed by atoms with Gasteiger partial charge in [-0.3, -0.25) is 4.99 Å². The molecule has 2 heterocycles. The normalized spacial score (nSPS) is 14.3. The molecule has 6 nitrogen and oxygen atoms in total. The fraction of sp³-hybridized carbons (Fsp3) is 0.222. The number of carboxylic acids is 1. The molecule has 15 heavy (non-hydrogen) atoms. The summed E-state index contributed by atoms with van der Waals surface area (Å²) in [4.78, 5) is 18.5. The van der Waals surface area contributed by atoms with Crippen LogP contribution >= 0.6 is 0 Å². The average molecular weight is 206 g/mol. The van der Waals surface area contributed by atoms with Crippen LogP contribution in [0.5, 0.6) is 0 Å². The third-order valence-electron chi connectivity index (χ3n) is 1.92. The third-order valence-corrected chi connectivity index (χ3v) is 1.92. The zero-order chi connectivity index (χ0) is 10.7. The van der Waals surface area contributed by atoms with Crippen molar-refractivity contribution in [2.75, 3.05) is 18.4 Å². The maximum absolute atomic E-state index is 10.7. The van der Waals surface area contributed by atoms with Gasteiger partial charge in [0.25, 0.3) is 0 Å². The van der Waals surface area contributed by atoms with E-state index in [0.29, 0.717) is 11.6 Å². The van der Waals surface area contributed by atoms with Gasteiger partial charge in [-0.2, -0.15) is 0 Å². The van der Waals surface area contributed by atoms with E-state index < -0.39 is 5.97 Å². The minimum atomic E-state index is -1.04. The predicted octanol–water partition coefficient (Wildman–Crippen LogP) is 0.151. The van der Waals surface area contributed by atoms with Crippen LogP contribution in [0.1, 0.15) is 10.5 Å². The van der Waals surface area contributed by atoms with E-state index in [-0.39, 0.29) is 5.69 Å². The van der Waals surface area contributed by atoms with Crippen molar-refractivity contribution in [2.45, 2.75) is 0 Å². The van der Waals surface area contributed by atoms with Crippen molar-refractivity contribution in [1.82, 2.24) is 10.3 Å². The summed E-state index contributed by atoms with van der Waals surface area (Å²) in [5.74, 6) is -0.377. The lowest BCUT2D eigenvalue weighted by Crippen LogP contribution is -2.26. The van der Waals surface area contributed by atoms with Crippen molar-refractivity contribution in [1.29, 1.82) is 0 Å². The maximum Gasteiger partial charge on any atom is 0.354 e. The number of aromatic nitrogens is 1. The Hall–Kier alpha value is -2.11. The first-order valence-corrected chi connectivity index (χ1v) is 4.50. The highest BCUT2D eigenvalue weighted by molar-refractivity contribution is 5.95. The van der Waals surface area contributed by atoms with E-state index in [4.69, 9.17) is 5.11 Å². The second-order valence-corrected chi connectivity index (χ2v) is 3.02. The molecule has 0 amide bonds. The fourth-order valence-corrected chi connectivity index (χ4v) is 1.24. The van der Waals surface area contributed by atoms with Crippen molar-refractivity contribution in [3.63, 3.8) is 0 Å². The van der Waals surface area contributed by atoms with Crippen molar-refractivity contribution >= 4 is 17.6 Å². The molecule has 78 valence electrons. The molecular weight excluding hydrogens is 196 g/mol. The van der Waals surface area contributed by atoms with E-state index in [1.165, 1.54) is 12.3 Å². The Bertz CT molecular complexity index is 416. The van der Waals surface area contributed by atoms with Gasteiger partial charge in [-0.05, 0) is 12.1 Å². The van der Waals surface area contributed by atoms with Gasteiger partial charge in [-0.25, -0.2) is 9.78 Å². The number of carboxylic acid groups (broad SMARTS) is 1. The Kier molecular flexibility index (Phi) is 2.49. The SMILES string of the molecule is O=C(O)c1cc(NC2=NCCN2)ccn1. The molecule has 0 atom stereocenters. The molecule has 1 aromatic rings. The fourth-order valence-electron chi connectivity index (χ4n) is 1.24. The molecule has 1 aliphatic rings. The van der Waals surface area contributed by atoms with Gasteiger partial charge in [0.1, 0.15) is 5.69 Å². The van der Waals surface area contributed by atoms with E-state index in [1.54, 1.807) is 6.07 Å². The number of nitrogens with one attached hydrogen (secondary N) is 2. The number of carbonyl (C=O) groups is 1. The minimum absolute atomic E-state index is 0.0126. The molecular formula is C9H10N4O2. The first-order valence-electron chi connectivity index (χ1n) is 4.50. The molecule has 2 rings (SSSR count). The summed E-state index contributed by atoms with van der Waals surface area (Å²) >= 11 is 0. The zero-order valence-corrected chi connectivity index (χ0v) is 7.90. The van der Waals surface area contributed by atoms with Crippen molar-refractivity contribution in [3.05, 3.63) is 24.0 Å². The summed E-state index contributed by atoms with van der Waals surface area (Å²) in [6, 6.07) is 3.15. The number of rotatable bonds is 2. The number of pyridine rings is 1. The molecule has 6 heteroatoms. The summed E-state index contributed by atoms with van der Waals surface area (Å²) < 4.78 is 0. The van der Waals surface area contributed by atoms with Crippen LogP contribution in [0.3, 0.4) is 0 Å². The molecule has 1 aromatic heterocycles. The Morgan fingerprint density at radius 2 is 2.47 bits per heavy atom. The van der Waals surface area contributed by atoms with Crippen molar-refractivity contribution in [3.8, 4) is 0 Å². The summed E-state index contributed by atoms with van der Waals surface area (Å²) in [7, 11) is 0. The smallest absolute Gasteiger partial charge is 0.354 e. The van der Waals surface area contributed by atoms with E-state index in [0.717, 1.165) is 13.1 Å². The van der Waals surface area contributed by atoms with E-state index in [9.17, 15) is 4.79 Å². The summed E-state index contributed by atoms with van der Waals surface area (Å²) in [5, 5.41) is 14.7. The van der Waals surface area contributed by atoms with Gasteiger partial charge in [-0.15, -0.1) is 0 Å². The highest BCUT2D eigenvalue weighted by Crippen LogP contribution is 2.08. The van der Waals surface area contributed by atoms with Crippen LogP contribution in [0.2, 0.25) is 0 Å². The van der Waals surface area contributed by atoms with E-state index in [1.807, 2.05) is 0 Å². The van der Waals surface area contributed by atoms with Gasteiger partial charge in [-0.1, -0.05) is 0 Å². The lowest BCUT2D eigenvalue weighted by molar-refractivity contribution is 0.0690. The van der Waals surface area contributed by atoms with Gasteiger partial charge in [0.05, 0.1) is 6.54 Å². The zero-order valence-electron chi connectivity index (χ0n) is 7.90. The molecule has 3 N–H and O–H groups in total. The van der Waals surface area contributed by atoms with Gasteiger partial charge in [0.15, 0.2) is 5.96 Å². The Labute approximate surface area is 86.1 Å². The number of nitrogens with zero attached hydrogens (tertiary/aromatic N) is 2. The Balaban J connectivity index is 2.14. The quantitative estimate of drug-likeness (QED) is 0.641. The van der Waals surface area contributed by atoms with Gasteiger partial charge in [0, 0.05) is 18.4 Å². The summed E-state index contributed by atoms with van der Waals surface area (Å²) in [5.41, 5.74) is 0.675. The molecule has 0 fully saturated rings. The number of aromatic carboxylic acids is 1. The topological polar surface area (TPSA) is 86.6 Å². The standard InChI is InChI=1S/C9H10N4O2/c14-8(15)7-5-6(1-2-10-7)13-9-11-3-4-12-9/h1-2,5H,3-4H2,(H,14,15)(H2,10,11,12,13). The van der Waals surface area contributed by atoms with Crippen molar-refractivity contribution in [2.24, 2.45) is 4.99 Å². The largest absolute Gasteiger partial charge is 0.477 e. The summed E-state index contributed by atoms with van der Waals surface area (Å²) in [6.45, 7) is 1.54. The molecule has 0 aliphatic carbocycles. The van der Waals surface area contributed by atoms with E-state index in [2.05, 4.69) is 20.6 Å². The second-order valence-electron chi connectivity index (χ2n) is 3.02. The molecule has 0 radical (unpaired) electrons. The second kappa shape index (κ2) is 3.95. The number of anilines is 1. The number of aliphatic imine (C=N–C) groups is 1. The number of guanidine groups is 1. The lowest BCUT2D eigenvalue weighted by Gasteiger charge is -2.06. The monoisotopic (exact) mass is 206 g/mol. The molecule has 0 aromatic carbocycles. The highest BCUT2D eigenvalue weighted by Gasteiger charge is 2.08. The van der Waals surface area contributed by atoms with Crippen LogP contribution in [0.25, 0.3) is 0 Å². The van der Waals surface area contributed by atoms with Crippen LogP contribution in [-0.4, -0.2) is 35.1 Å². The molecule has 0 saturated heterocycles. The third kappa shape index (κ3) is 2.22. The first kappa shape index (κ1) is 9.45. The molecule has 0 saturated carbocycles. The van der Waals surface area contributed by atoms with Gasteiger partial charge >= 0.3 is 5.97 Å². The number of hydrogen-bond donors (Lipinski definition) is 3. The van der Waals surface area contributed by atoms with Crippen LogP contribution in [0.4, 0.5) is 5.69 Å². The van der Waals surface area contributed by atoms with Crippen LogP contribution < -0.4 is 10.6 Å². The Morgan fingerprint density at radius 3 is 3.13 bits per heavy atom. The lowest BCUT2D eigenvalue weighted by atomic mass is 10.3. The average Bonchev–Trinajstić information content (AvgIpc) is 2.71. The molecule has 0 bridgehead atoms.